The van der Waals surface area contributed by atoms with Crippen molar-refractivity contribution in [1.29, 1.82) is 0 Å². The standard InChI is InChI=1S/C12H18O3.C6H12O6/c1-2-3-4-5-10-9(8-12(14)15)6-7-11(10)13;7-1-2-3(8)4(9)5(10)6(11)12-2/h3-4,9-10H,2,5-8H2,1H3,(H,14,15);2-11H,1H2/b4-3+;/t9-,10+;/m0./s1. The first-order chi connectivity index (χ1) is 12.7. The Kier molecular flexibility index (Phi) is 10.1. The van der Waals surface area contributed by atoms with E-state index < -0.39 is 43.3 Å². The number of allylic oxidation sites excluding steroid dienone is 2. The molecule has 6 N–H and O–H groups in total. The molecule has 0 aromatic heterocycles. The van der Waals surface area contributed by atoms with E-state index in [9.17, 15) is 9.59 Å². The van der Waals surface area contributed by atoms with E-state index in [1.165, 1.54) is 0 Å². The Bertz CT molecular complexity index is 502. The Morgan fingerprint density at radius 3 is 2.37 bits per heavy atom. The highest BCUT2D eigenvalue weighted by molar-refractivity contribution is 5.84. The SMILES string of the molecule is CC/C=C/C[C@H]1C(=O)CC[C@H]1CC(=O)O.OCC1OC(O)C(O)C(O)C1O. The lowest BCUT2D eigenvalue weighted by atomic mass is 9.89. The maximum atomic E-state index is 11.5. The highest BCUT2D eigenvalue weighted by Gasteiger charge is 2.42. The normalized spacial score (nSPS) is 36.5. The summed E-state index contributed by atoms with van der Waals surface area (Å²) in [6, 6.07) is 0. The Labute approximate surface area is 157 Å². The van der Waals surface area contributed by atoms with Crippen LogP contribution in [-0.4, -0.2) is 79.7 Å². The number of carbonyl (C=O) groups excluding carboxylic acids is 1. The second-order valence-electron chi connectivity index (χ2n) is 6.80. The molecule has 1 saturated heterocycles. The number of rotatable bonds is 6. The fourth-order valence-corrected chi connectivity index (χ4v) is 3.26. The van der Waals surface area contributed by atoms with Crippen molar-refractivity contribution in [3.05, 3.63) is 12.2 Å². The van der Waals surface area contributed by atoms with Gasteiger partial charge in [-0.25, -0.2) is 0 Å². The minimum absolute atomic E-state index is 0.0519. The molecule has 2 rings (SSSR count). The third kappa shape index (κ3) is 6.95. The minimum Gasteiger partial charge on any atom is -0.481 e. The molecule has 1 saturated carbocycles. The van der Waals surface area contributed by atoms with Gasteiger partial charge in [0.25, 0.3) is 0 Å². The number of hydrogen-bond acceptors (Lipinski definition) is 8. The number of carbonyl (C=O) groups is 2. The summed E-state index contributed by atoms with van der Waals surface area (Å²) in [5, 5.41) is 53.4. The Balaban J connectivity index is 0.000000277. The molecule has 1 aliphatic heterocycles. The molecule has 1 aliphatic carbocycles. The van der Waals surface area contributed by atoms with Crippen molar-refractivity contribution in [2.45, 2.75) is 69.7 Å². The molecule has 0 aromatic carbocycles. The Hall–Kier alpha value is -1.36. The lowest BCUT2D eigenvalue weighted by molar-refractivity contribution is -0.286. The molecule has 2 fully saturated rings. The Morgan fingerprint density at radius 1 is 1.15 bits per heavy atom. The van der Waals surface area contributed by atoms with Crippen LogP contribution < -0.4 is 0 Å². The average molecular weight is 390 g/mol. The van der Waals surface area contributed by atoms with Gasteiger partial charge in [-0.05, 0) is 25.2 Å². The molecule has 5 unspecified atom stereocenters. The number of carboxylic acids is 1. The van der Waals surface area contributed by atoms with Crippen LogP contribution in [0.4, 0.5) is 0 Å². The molecule has 0 spiro atoms. The number of aliphatic hydroxyl groups is 5. The van der Waals surface area contributed by atoms with Gasteiger partial charge in [0.2, 0.25) is 0 Å². The van der Waals surface area contributed by atoms with Crippen molar-refractivity contribution in [3.8, 4) is 0 Å². The first kappa shape index (κ1) is 23.7. The van der Waals surface area contributed by atoms with E-state index >= 15 is 0 Å². The van der Waals surface area contributed by atoms with Crippen LogP contribution in [-0.2, 0) is 14.3 Å². The number of Topliss-reactive ketones (excluding diaryl/α,β-unsaturated/α-hetero) is 1. The highest BCUT2D eigenvalue weighted by atomic mass is 16.6. The number of ketones is 1. The van der Waals surface area contributed by atoms with E-state index in [0.29, 0.717) is 12.8 Å². The monoisotopic (exact) mass is 390 g/mol. The van der Waals surface area contributed by atoms with Crippen molar-refractivity contribution in [2.24, 2.45) is 11.8 Å². The molecule has 2 aliphatic rings. The van der Waals surface area contributed by atoms with Gasteiger partial charge in [0.05, 0.1) is 6.61 Å². The lowest BCUT2D eigenvalue weighted by Crippen LogP contribution is -2.58. The quantitative estimate of drug-likeness (QED) is 0.318. The van der Waals surface area contributed by atoms with Gasteiger partial charge in [0.15, 0.2) is 6.29 Å². The number of carboxylic acid groups (broad SMARTS) is 1. The molecule has 9 nitrogen and oxygen atoms in total. The van der Waals surface area contributed by atoms with Crippen molar-refractivity contribution in [3.63, 3.8) is 0 Å². The minimum atomic E-state index is -1.57. The van der Waals surface area contributed by atoms with Crippen molar-refractivity contribution < 1.29 is 45.0 Å². The predicted molar refractivity (Wildman–Crippen MR) is 93.5 cm³/mol. The number of ether oxygens (including phenoxy) is 1. The van der Waals surface area contributed by atoms with Crippen LogP contribution in [0.3, 0.4) is 0 Å². The van der Waals surface area contributed by atoms with Crippen LogP contribution in [0.25, 0.3) is 0 Å². The van der Waals surface area contributed by atoms with Gasteiger partial charge in [0, 0.05) is 18.8 Å². The van der Waals surface area contributed by atoms with Crippen LogP contribution >= 0.6 is 0 Å². The summed E-state index contributed by atoms with van der Waals surface area (Å²) in [5.74, 6) is -0.554. The summed E-state index contributed by atoms with van der Waals surface area (Å²) in [6.07, 6.45) is 0.108. The summed E-state index contributed by atoms with van der Waals surface area (Å²) in [5.41, 5.74) is 0. The molecule has 9 heteroatoms. The number of hydrogen-bond donors (Lipinski definition) is 6. The largest absolute Gasteiger partial charge is 0.481 e. The van der Waals surface area contributed by atoms with Gasteiger partial charge in [-0.1, -0.05) is 19.1 Å². The van der Waals surface area contributed by atoms with Crippen LogP contribution in [0, 0.1) is 11.8 Å². The molecule has 0 bridgehead atoms. The first-order valence-electron chi connectivity index (χ1n) is 9.10. The van der Waals surface area contributed by atoms with Crippen LogP contribution in [0.15, 0.2) is 12.2 Å². The topological polar surface area (TPSA) is 165 Å². The molecule has 0 aromatic rings. The molecule has 156 valence electrons. The summed E-state index contributed by atoms with van der Waals surface area (Å²) < 4.78 is 4.58. The van der Waals surface area contributed by atoms with Gasteiger partial charge in [-0.2, -0.15) is 0 Å². The van der Waals surface area contributed by atoms with E-state index in [2.05, 4.69) is 4.74 Å². The summed E-state index contributed by atoms with van der Waals surface area (Å²) in [7, 11) is 0. The van der Waals surface area contributed by atoms with Gasteiger partial charge in [-0.3, -0.25) is 9.59 Å². The molecule has 1 heterocycles. The molecule has 0 amide bonds. The van der Waals surface area contributed by atoms with Crippen LogP contribution in [0.1, 0.15) is 39.0 Å². The van der Waals surface area contributed by atoms with E-state index in [-0.39, 0.29) is 24.0 Å². The molecule has 0 radical (unpaired) electrons. The van der Waals surface area contributed by atoms with E-state index in [1.807, 2.05) is 19.1 Å². The van der Waals surface area contributed by atoms with Crippen molar-refractivity contribution in [1.82, 2.24) is 0 Å². The summed E-state index contributed by atoms with van der Waals surface area (Å²) in [6.45, 7) is 1.52. The lowest BCUT2D eigenvalue weighted by Gasteiger charge is -2.37. The first-order valence-corrected chi connectivity index (χ1v) is 9.10. The van der Waals surface area contributed by atoms with Crippen molar-refractivity contribution >= 4 is 11.8 Å². The zero-order chi connectivity index (χ0) is 20.6. The average Bonchev–Trinajstić information content (AvgIpc) is 2.96. The maximum absolute atomic E-state index is 11.5. The molecule has 27 heavy (non-hydrogen) atoms. The van der Waals surface area contributed by atoms with Crippen molar-refractivity contribution in [2.75, 3.05) is 6.61 Å². The van der Waals surface area contributed by atoms with E-state index in [4.69, 9.17) is 30.6 Å². The van der Waals surface area contributed by atoms with Gasteiger partial charge >= 0.3 is 5.97 Å². The number of aliphatic hydroxyl groups excluding tert-OH is 5. The smallest absolute Gasteiger partial charge is 0.303 e. The third-order valence-corrected chi connectivity index (χ3v) is 4.84. The second kappa shape index (κ2) is 11.5. The number of aliphatic carboxylic acids is 1. The second-order valence-corrected chi connectivity index (χ2v) is 6.80. The van der Waals surface area contributed by atoms with E-state index in [0.717, 1.165) is 12.8 Å². The third-order valence-electron chi connectivity index (χ3n) is 4.84. The zero-order valence-electron chi connectivity index (χ0n) is 15.3. The summed E-state index contributed by atoms with van der Waals surface area (Å²) >= 11 is 0. The molecular formula is C18H30O9. The van der Waals surface area contributed by atoms with Gasteiger partial charge in [-0.15, -0.1) is 0 Å². The van der Waals surface area contributed by atoms with Crippen LogP contribution in [0.5, 0.6) is 0 Å². The molecule has 7 atom stereocenters. The van der Waals surface area contributed by atoms with Gasteiger partial charge in [0.1, 0.15) is 30.2 Å². The zero-order valence-corrected chi connectivity index (χ0v) is 15.3. The Morgan fingerprint density at radius 2 is 1.81 bits per heavy atom. The molecular weight excluding hydrogens is 360 g/mol. The van der Waals surface area contributed by atoms with E-state index in [1.54, 1.807) is 0 Å². The van der Waals surface area contributed by atoms with Crippen LogP contribution in [0.2, 0.25) is 0 Å². The highest BCUT2D eigenvalue weighted by Crippen LogP contribution is 2.34. The fraction of sp³-hybridized carbons (Fsp3) is 0.778. The van der Waals surface area contributed by atoms with Gasteiger partial charge < -0.3 is 35.4 Å². The maximum Gasteiger partial charge on any atom is 0.303 e. The summed E-state index contributed by atoms with van der Waals surface area (Å²) in [4.78, 5) is 22.1. The fourth-order valence-electron chi connectivity index (χ4n) is 3.26. The predicted octanol–water partition coefficient (Wildman–Crippen LogP) is -0.809.